The smallest absolute Gasteiger partial charge is 0.206 e. The second-order valence-electron chi connectivity index (χ2n) is 3.53. The van der Waals surface area contributed by atoms with Crippen LogP contribution in [0.3, 0.4) is 0 Å². The maximum absolute atomic E-state index is 12.2. The lowest BCUT2D eigenvalue weighted by atomic mass is 10.0. The first kappa shape index (κ1) is 14.5. The Morgan fingerprint density at radius 3 is 2.39 bits per heavy atom. The number of hydrogen-bond donors (Lipinski definition) is 0. The number of ketones is 1. The molecule has 0 radical (unpaired) electrons. The first-order chi connectivity index (χ1) is 8.63. The Morgan fingerprint density at radius 1 is 1.33 bits per heavy atom. The van der Waals surface area contributed by atoms with E-state index in [1.807, 2.05) is 19.9 Å². The molecule has 0 aliphatic carbocycles. The summed E-state index contributed by atoms with van der Waals surface area (Å²) >= 11 is 3.30. The van der Waals surface area contributed by atoms with Crippen molar-refractivity contribution in [2.24, 2.45) is 0 Å². The molecule has 94 valence electrons. The zero-order valence-electron chi connectivity index (χ0n) is 10.4. The number of rotatable bonds is 5. The number of benzene rings is 1. The van der Waals surface area contributed by atoms with E-state index in [4.69, 9.17) is 10.00 Å². The first-order valence-corrected chi connectivity index (χ1v) is 6.49. The number of ether oxygens (including phenoxy) is 1. The van der Waals surface area contributed by atoms with E-state index in [1.165, 1.54) is 0 Å². The molecule has 0 N–H and O–H groups in total. The number of Topliss-reactive ketones (excluding diaryl/α,β-unsaturated/α-hetero) is 1. The van der Waals surface area contributed by atoms with E-state index in [1.54, 1.807) is 24.3 Å². The Kier molecular flexibility index (Phi) is 5.60. The highest BCUT2D eigenvalue weighted by Gasteiger charge is 2.17. The summed E-state index contributed by atoms with van der Waals surface area (Å²) in [5.74, 6) is 0.156. The molecule has 0 bridgehead atoms. The Balaban J connectivity index is 3.13. The lowest BCUT2D eigenvalue weighted by Gasteiger charge is -2.08. The molecule has 1 rings (SSSR count). The van der Waals surface area contributed by atoms with Crippen molar-refractivity contribution in [1.82, 2.24) is 0 Å². The Bertz CT molecular complexity index is 498. The fourth-order valence-electron chi connectivity index (χ4n) is 1.51. The molecular formula is C14H14BrNO2. The van der Waals surface area contributed by atoms with Crippen LogP contribution in [0.2, 0.25) is 0 Å². The molecule has 0 aromatic heterocycles. The van der Waals surface area contributed by atoms with Gasteiger partial charge in [-0.1, -0.05) is 22.9 Å². The van der Waals surface area contributed by atoms with Crippen molar-refractivity contribution < 1.29 is 9.53 Å². The average molecular weight is 308 g/mol. The topological polar surface area (TPSA) is 50.1 Å². The van der Waals surface area contributed by atoms with E-state index in [2.05, 4.69) is 15.9 Å². The SMILES string of the molecule is CCOC(CC)=C(C#N)C(=O)c1ccc(Br)cc1. The lowest BCUT2D eigenvalue weighted by molar-refractivity contribution is 0.102. The molecule has 0 spiro atoms. The van der Waals surface area contributed by atoms with Crippen LogP contribution in [0.4, 0.5) is 0 Å². The minimum absolute atomic E-state index is 0.0849. The normalized spacial score (nSPS) is 11.4. The quantitative estimate of drug-likeness (QED) is 0.359. The second kappa shape index (κ2) is 6.97. The lowest BCUT2D eigenvalue weighted by Crippen LogP contribution is -2.07. The monoisotopic (exact) mass is 307 g/mol. The third-order valence-electron chi connectivity index (χ3n) is 2.36. The molecule has 0 saturated heterocycles. The van der Waals surface area contributed by atoms with Gasteiger partial charge in [-0.3, -0.25) is 4.79 Å². The molecule has 0 heterocycles. The van der Waals surface area contributed by atoms with Gasteiger partial charge in [0.05, 0.1) is 6.61 Å². The minimum atomic E-state index is -0.296. The Morgan fingerprint density at radius 2 is 1.94 bits per heavy atom. The summed E-state index contributed by atoms with van der Waals surface area (Å²) in [4.78, 5) is 12.2. The van der Waals surface area contributed by atoms with Crippen LogP contribution in [0.25, 0.3) is 0 Å². The molecule has 0 saturated carbocycles. The minimum Gasteiger partial charge on any atom is -0.497 e. The molecule has 1 aromatic rings. The predicted octanol–water partition coefficient (Wildman–Crippen LogP) is 3.86. The maximum Gasteiger partial charge on any atom is 0.206 e. The number of allylic oxidation sites excluding steroid dienone is 2. The van der Waals surface area contributed by atoms with Crippen LogP contribution in [-0.2, 0) is 4.74 Å². The third kappa shape index (κ3) is 3.44. The van der Waals surface area contributed by atoms with Crippen LogP contribution in [0, 0.1) is 11.3 Å². The summed E-state index contributed by atoms with van der Waals surface area (Å²) in [6, 6.07) is 8.86. The van der Waals surface area contributed by atoms with Crippen molar-refractivity contribution in [2.75, 3.05) is 6.61 Å². The molecule has 0 unspecified atom stereocenters. The van der Waals surface area contributed by atoms with Gasteiger partial charge in [0.2, 0.25) is 5.78 Å². The van der Waals surface area contributed by atoms with E-state index < -0.39 is 0 Å². The molecular weight excluding hydrogens is 294 g/mol. The van der Waals surface area contributed by atoms with Gasteiger partial charge in [-0.25, -0.2) is 0 Å². The summed E-state index contributed by atoms with van der Waals surface area (Å²) in [5, 5.41) is 9.12. The average Bonchev–Trinajstić information content (AvgIpc) is 2.39. The van der Waals surface area contributed by atoms with Crippen LogP contribution in [0.15, 0.2) is 40.1 Å². The highest BCUT2D eigenvalue weighted by atomic mass is 79.9. The molecule has 1 aromatic carbocycles. The first-order valence-electron chi connectivity index (χ1n) is 5.70. The van der Waals surface area contributed by atoms with Crippen LogP contribution in [0.1, 0.15) is 30.6 Å². The fraction of sp³-hybridized carbons (Fsp3) is 0.286. The van der Waals surface area contributed by atoms with Gasteiger partial charge in [-0.2, -0.15) is 5.26 Å². The zero-order chi connectivity index (χ0) is 13.5. The largest absolute Gasteiger partial charge is 0.497 e. The van der Waals surface area contributed by atoms with Crippen molar-refractivity contribution in [3.8, 4) is 6.07 Å². The number of carbonyl (C=O) groups excluding carboxylic acids is 1. The van der Waals surface area contributed by atoms with Gasteiger partial charge in [0.1, 0.15) is 17.4 Å². The van der Waals surface area contributed by atoms with Gasteiger partial charge in [0, 0.05) is 16.5 Å². The predicted molar refractivity (Wildman–Crippen MR) is 73.0 cm³/mol. The third-order valence-corrected chi connectivity index (χ3v) is 2.89. The second-order valence-corrected chi connectivity index (χ2v) is 4.45. The van der Waals surface area contributed by atoms with Crippen LogP contribution in [-0.4, -0.2) is 12.4 Å². The van der Waals surface area contributed by atoms with Gasteiger partial charge in [0.25, 0.3) is 0 Å². The molecule has 18 heavy (non-hydrogen) atoms. The van der Waals surface area contributed by atoms with Crippen LogP contribution < -0.4 is 0 Å². The fourth-order valence-corrected chi connectivity index (χ4v) is 1.77. The van der Waals surface area contributed by atoms with Gasteiger partial charge in [-0.15, -0.1) is 0 Å². The van der Waals surface area contributed by atoms with Gasteiger partial charge < -0.3 is 4.74 Å². The molecule has 0 fully saturated rings. The molecule has 0 atom stereocenters. The van der Waals surface area contributed by atoms with E-state index in [0.29, 0.717) is 24.4 Å². The Labute approximate surface area is 115 Å². The van der Waals surface area contributed by atoms with Crippen molar-refractivity contribution in [1.29, 1.82) is 5.26 Å². The number of carbonyl (C=O) groups is 1. The standard InChI is InChI=1S/C14H14BrNO2/c1-3-13(18-4-2)12(9-16)14(17)10-5-7-11(15)8-6-10/h5-8H,3-4H2,1-2H3. The zero-order valence-corrected chi connectivity index (χ0v) is 12.0. The number of nitriles is 1. The number of nitrogens with zero attached hydrogens (tertiary/aromatic N) is 1. The van der Waals surface area contributed by atoms with E-state index in [9.17, 15) is 4.79 Å². The van der Waals surface area contributed by atoms with Gasteiger partial charge in [-0.05, 0) is 31.2 Å². The number of hydrogen-bond acceptors (Lipinski definition) is 3. The van der Waals surface area contributed by atoms with Gasteiger partial charge >= 0.3 is 0 Å². The molecule has 0 aliphatic heterocycles. The van der Waals surface area contributed by atoms with E-state index >= 15 is 0 Å². The van der Waals surface area contributed by atoms with Gasteiger partial charge in [0.15, 0.2) is 0 Å². The van der Waals surface area contributed by atoms with Crippen LogP contribution >= 0.6 is 15.9 Å². The summed E-state index contributed by atoms with van der Waals surface area (Å²) in [6.45, 7) is 4.13. The molecule has 3 nitrogen and oxygen atoms in total. The highest BCUT2D eigenvalue weighted by molar-refractivity contribution is 9.10. The molecule has 0 amide bonds. The highest BCUT2D eigenvalue weighted by Crippen LogP contribution is 2.18. The summed E-state index contributed by atoms with van der Waals surface area (Å²) < 4.78 is 6.23. The van der Waals surface area contributed by atoms with Crippen molar-refractivity contribution in [2.45, 2.75) is 20.3 Å². The summed E-state index contributed by atoms with van der Waals surface area (Å²) in [7, 11) is 0. The van der Waals surface area contributed by atoms with Crippen molar-refractivity contribution >= 4 is 21.7 Å². The molecule has 0 aliphatic rings. The Hall–Kier alpha value is -1.60. The summed E-state index contributed by atoms with van der Waals surface area (Å²) in [6.07, 6.45) is 0.527. The van der Waals surface area contributed by atoms with Crippen LogP contribution in [0.5, 0.6) is 0 Å². The maximum atomic E-state index is 12.2. The molecule has 4 heteroatoms. The van der Waals surface area contributed by atoms with Crippen molar-refractivity contribution in [3.05, 3.63) is 45.6 Å². The van der Waals surface area contributed by atoms with E-state index in [-0.39, 0.29) is 11.4 Å². The number of halogens is 1. The van der Waals surface area contributed by atoms with Crippen molar-refractivity contribution in [3.63, 3.8) is 0 Å². The summed E-state index contributed by atoms with van der Waals surface area (Å²) in [5.41, 5.74) is 0.571. The van der Waals surface area contributed by atoms with E-state index in [0.717, 1.165) is 4.47 Å².